The minimum Gasteiger partial charge on any atom is -0.389 e. The van der Waals surface area contributed by atoms with Gasteiger partial charge < -0.3 is 5.11 Å². The quantitative estimate of drug-likeness (QED) is 0.905. The van der Waals surface area contributed by atoms with Crippen molar-refractivity contribution in [2.45, 2.75) is 24.3 Å². The highest BCUT2D eigenvalue weighted by atomic mass is 32.2. The smallest absolute Gasteiger partial charge is 0.245 e. The van der Waals surface area contributed by atoms with E-state index < -0.39 is 32.2 Å². The molecule has 0 aliphatic rings. The van der Waals surface area contributed by atoms with Gasteiger partial charge in [-0.3, -0.25) is 0 Å². The number of aliphatic hydroxyl groups is 1. The monoisotopic (exact) mass is 279 g/mol. The summed E-state index contributed by atoms with van der Waals surface area (Å²) >= 11 is 0. The average molecular weight is 279 g/mol. The second kappa shape index (κ2) is 4.91. The van der Waals surface area contributed by atoms with Crippen LogP contribution in [0.25, 0.3) is 0 Å². The Balaban J connectivity index is 3.14. The molecule has 0 atom stereocenters. The van der Waals surface area contributed by atoms with E-state index >= 15 is 0 Å². The number of sulfonamides is 1. The summed E-state index contributed by atoms with van der Waals surface area (Å²) in [5, 5.41) is 9.55. The fourth-order valence-electron chi connectivity index (χ4n) is 1.48. The van der Waals surface area contributed by atoms with E-state index in [4.69, 9.17) is 0 Å². The molecule has 0 amide bonds. The van der Waals surface area contributed by atoms with Crippen molar-refractivity contribution < 1.29 is 22.3 Å². The van der Waals surface area contributed by atoms with E-state index in [1.807, 2.05) is 0 Å². The van der Waals surface area contributed by atoms with Gasteiger partial charge >= 0.3 is 0 Å². The average Bonchev–Trinajstić information content (AvgIpc) is 2.13. The molecule has 0 aliphatic carbocycles. The topological polar surface area (TPSA) is 57.6 Å². The van der Waals surface area contributed by atoms with Crippen molar-refractivity contribution in [3.8, 4) is 0 Å². The van der Waals surface area contributed by atoms with Gasteiger partial charge in [0, 0.05) is 19.7 Å². The van der Waals surface area contributed by atoms with Crippen molar-refractivity contribution in [1.29, 1.82) is 0 Å². The van der Waals surface area contributed by atoms with E-state index in [1.54, 1.807) is 0 Å². The van der Waals surface area contributed by atoms with E-state index in [-0.39, 0.29) is 6.54 Å². The van der Waals surface area contributed by atoms with Gasteiger partial charge in [-0.15, -0.1) is 0 Å². The van der Waals surface area contributed by atoms with Gasteiger partial charge in [0.25, 0.3) is 0 Å². The van der Waals surface area contributed by atoms with Gasteiger partial charge in [0.05, 0.1) is 5.60 Å². The summed E-state index contributed by atoms with van der Waals surface area (Å²) in [5.41, 5.74) is -1.25. The molecule has 0 aliphatic heterocycles. The third-order valence-corrected chi connectivity index (χ3v) is 4.03. The van der Waals surface area contributed by atoms with Crippen LogP contribution in [0.3, 0.4) is 0 Å². The maximum absolute atomic E-state index is 13.4. The first-order valence-electron chi connectivity index (χ1n) is 5.18. The van der Waals surface area contributed by atoms with Crippen LogP contribution in [0, 0.1) is 11.6 Å². The summed E-state index contributed by atoms with van der Waals surface area (Å²) in [6.07, 6.45) is 0. The van der Waals surface area contributed by atoms with Crippen LogP contribution in [0.5, 0.6) is 0 Å². The number of rotatable bonds is 4. The molecule has 0 saturated heterocycles. The molecule has 1 N–H and O–H groups in total. The molecule has 7 heteroatoms. The first kappa shape index (κ1) is 15.0. The summed E-state index contributed by atoms with van der Waals surface area (Å²) in [5.74, 6) is -2.01. The summed E-state index contributed by atoms with van der Waals surface area (Å²) in [6.45, 7) is 2.66. The van der Waals surface area contributed by atoms with Crippen LogP contribution in [-0.2, 0) is 10.0 Å². The number of nitrogens with zero attached hydrogens (tertiary/aromatic N) is 1. The van der Waals surface area contributed by atoms with E-state index in [0.29, 0.717) is 6.07 Å². The van der Waals surface area contributed by atoms with Crippen LogP contribution in [0.4, 0.5) is 8.78 Å². The Kier molecular flexibility index (Phi) is 4.09. The standard InChI is InChI=1S/C11H15F2NO3S/c1-11(2,15)7-14(3)18(16,17)10-5-4-8(12)6-9(10)13/h4-6,15H,7H2,1-3H3. The molecule has 0 heterocycles. The molecular formula is C11H15F2NO3S. The van der Waals surface area contributed by atoms with Gasteiger partial charge in [-0.05, 0) is 26.0 Å². The second-order valence-corrected chi connectivity index (χ2v) is 6.66. The first-order chi connectivity index (χ1) is 8.04. The number of benzene rings is 1. The van der Waals surface area contributed by atoms with Gasteiger partial charge in [-0.1, -0.05) is 0 Å². The van der Waals surface area contributed by atoms with Gasteiger partial charge in [-0.25, -0.2) is 17.2 Å². The SMILES string of the molecule is CN(CC(C)(C)O)S(=O)(=O)c1ccc(F)cc1F. The Hall–Kier alpha value is -1.05. The van der Waals surface area contributed by atoms with Gasteiger partial charge in [0.15, 0.2) is 0 Å². The van der Waals surface area contributed by atoms with E-state index in [1.165, 1.54) is 20.9 Å². The molecule has 1 rings (SSSR count). The molecular weight excluding hydrogens is 264 g/mol. The summed E-state index contributed by atoms with van der Waals surface area (Å²) in [7, 11) is -2.87. The highest BCUT2D eigenvalue weighted by molar-refractivity contribution is 7.89. The number of hydrogen-bond acceptors (Lipinski definition) is 3. The number of likely N-dealkylation sites (N-methyl/N-ethyl adjacent to an activating group) is 1. The Morgan fingerprint density at radius 1 is 1.33 bits per heavy atom. The maximum Gasteiger partial charge on any atom is 0.245 e. The van der Waals surface area contributed by atoms with Gasteiger partial charge in [-0.2, -0.15) is 4.31 Å². The molecule has 0 fully saturated rings. The lowest BCUT2D eigenvalue weighted by Gasteiger charge is -2.25. The van der Waals surface area contributed by atoms with Gasteiger partial charge in [0.2, 0.25) is 10.0 Å². The predicted molar refractivity (Wildman–Crippen MR) is 62.5 cm³/mol. The molecule has 0 spiro atoms. The molecule has 0 unspecified atom stereocenters. The molecule has 102 valence electrons. The molecule has 18 heavy (non-hydrogen) atoms. The Labute approximate surface area is 105 Å². The molecule has 0 aromatic heterocycles. The van der Waals surface area contributed by atoms with Crippen LogP contribution in [0.15, 0.2) is 23.1 Å². The minimum atomic E-state index is -4.09. The lowest BCUT2D eigenvalue weighted by atomic mass is 10.1. The van der Waals surface area contributed by atoms with E-state index in [0.717, 1.165) is 16.4 Å². The molecule has 4 nitrogen and oxygen atoms in total. The zero-order valence-corrected chi connectivity index (χ0v) is 11.1. The zero-order chi connectivity index (χ0) is 14.1. The number of hydrogen-bond donors (Lipinski definition) is 1. The van der Waals surface area contributed by atoms with Crippen molar-refractivity contribution >= 4 is 10.0 Å². The van der Waals surface area contributed by atoms with Crippen LogP contribution in [0.2, 0.25) is 0 Å². The van der Waals surface area contributed by atoms with Crippen molar-refractivity contribution in [3.63, 3.8) is 0 Å². The van der Waals surface area contributed by atoms with Crippen LogP contribution >= 0.6 is 0 Å². The fraction of sp³-hybridized carbons (Fsp3) is 0.455. The normalized spacial score (nSPS) is 13.1. The van der Waals surface area contributed by atoms with Crippen LogP contribution in [0.1, 0.15) is 13.8 Å². The Bertz CT molecular complexity index is 538. The highest BCUT2D eigenvalue weighted by Crippen LogP contribution is 2.20. The van der Waals surface area contributed by atoms with Crippen molar-refractivity contribution in [1.82, 2.24) is 4.31 Å². The molecule has 0 radical (unpaired) electrons. The van der Waals surface area contributed by atoms with Crippen molar-refractivity contribution in [2.24, 2.45) is 0 Å². The molecule has 1 aromatic carbocycles. The summed E-state index contributed by atoms with van der Waals surface area (Å²) in [6, 6.07) is 2.24. The van der Waals surface area contributed by atoms with Crippen LogP contribution < -0.4 is 0 Å². The van der Waals surface area contributed by atoms with Crippen LogP contribution in [-0.4, -0.2) is 37.0 Å². The van der Waals surface area contributed by atoms with Crippen molar-refractivity contribution in [3.05, 3.63) is 29.8 Å². The van der Waals surface area contributed by atoms with Crippen molar-refractivity contribution in [2.75, 3.05) is 13.6 Å². The highest BCUT2D eigenvalue weighted by Gasteiger charge is 2.28. The second-order valence-electron chi connectivity index (χ2n) is 4.65. The predicted octanol–water partition coefficient (Wildman–Crippen LogP) is 1.36. The van der Waals surface area contributed by atoms with E-state index in [2.05, 4.69) is 0 Å². The Morgan fingerprint density at radius 2 is 1.89 bits per heavy atom. The fourth-order valence-corrected chi connectivity index (χ4v) is 2.85. The first-order valence-corrected chi connectivity index (χ1v) is 6.62. The van der Waals surface area contributed by atoms with E-state index in [9.17, 15) is 22.3 Å². The summed E-state index contributed by atoms with van der Waals surface area (Å²) in [4.78, 5) is -0.615. The lowest BCUT2D eigenvalue weighted by Crippen LogP contribution is -2.39. The maximum atomic E-state index is 13.4. The Morgan fingerprint density at radius 3 is 2.33 bits per heavy atom. The molecule has 1 aromatic rings. The third kappa shape index (κ3) is 3.47. The zero-order valence-electron chi connectivity index (χ0n) is 10.3. The minimum absolute atomic E-state index is 0.202. The molecule has 0 bridgehead atoms. The number of halogens is 2. The van der Waals surface area contributed by atoms with Gasteiger partial charge in [0.1, 0.15) is 16.5 Å². The summed E-state index contributed by atoms with van der Waals surface area (Å²) < 4.78 is 51.0. The lowest BCUT2D eigenvalue weighted by molar-refractivity contribution is 0.0639. The largest absolute Gasteiger partial charge is 0.389 e. The molecule has 0 saturated carbocycles. The third-order valence-electron chi connectivity index (χ3n) is 2.19.